The van der Waals surface area contributed by atoms with E-state index in [1.807, 2.05) is 48.5 Å². The summed E-state index contributed by atoms with van der Waals surface area (Å²) in [6, 6.07) is 17.9. The second kappa shape index (κ2) is 7.43. The molecule has 0 saturated heterocycles. The lowest BCUT2D eigenvalue weighted by atomic mass is 10.1. The summed E-state index contributed by atoms with van der Waals surface area (Å²) in [7, 11) is 1.62. The molecule has 0 atom stereocenters. The molecule has 7 heteroatoms. The second-order valence-corrected chi connectivity index (χ2v) is 6.65. The number of carbonyl (C=O) groups is 1. The Morgan fingerprint density at radius 3 is 2.78 bits per heavy atom. The molecule has 0 amide bonds. The van der Waals surface area contributed by atoms with E-state index in [1.54, 1.807) is 18.4 Å². The predicted molar refractivity (Wildman–Crippen MR) is 110 cm³/mol. The monoisotopic (exact) mass is 376 g/mol. The molecule has 2 heterocycles. The van der Waals surface area contributed by atoms with E-state index in [0.29, 0.717) is 12.3 Å². The molecule has 0 aliphatic rings. The highest BCUT2D eigenvalue weighted by Crippen LogP contribution is 2.35. The molecule has 2 aromatic carbocycles. The van der Waals surface area contributed by atoms with Crippen molar-refractivity contribution in [1.29, 1.82) is 0 Å². The van der Waals surface area contributed by atoms with E-state index in [2.05, 4.69) is 32.1 Å². The van der Waals surface area contributed by atoms with Gasteiger partial charge in [0, 0.05) is 33.8 Å². The van der Waals surface area contributed by atoms with Crippen LogP contribution in [0.25, 0.3) is 21.0 Å². The third-order valence-electron chi connectivity index (χ3n) is 4.13. The van der Waals surface area contributed by atoms with Crippen LogP contribution in [-0.4, -0.2) is 24.3 Å². The topological polar surface area (TPSA) is 75.6 Å². The van der Waals surface area contributed by atoms with Gasteiger partial charge >= 0.3 is 6.47 Å². The number of amidine groups is 1. The van der Waals surface area contributed by atoms with Crippen molar-refractivity contribution >= 4 is 56.1 Å². The van der Waals surface area contributed by atoms with Crippen LogP contribution in [-0.2, 0) is 9.63 Å². The first kappa shape index (κ1) is 17.0. The van der Waals surface area contributed by atoms with Crippen LogP contribution in [0, 0.1) is 0 Å². The van der Waals surface area contributed by atoms with Gasteiger partial charge in [-0.1, -0.05) is 30.3 Å². The van der Waals surface area contributed by atoms with E-state index in [-0.39, 0.29) is 0 Å². The smallest absolute Gasteiger partial charge is 0.320 e. The summed E-state index contributed by atoms with van der Waals surface area (Å²) in [4.78, 5) is 24.0. The highest BCUT2D eigenvalue weighted by atomic mass is 32.1. The van der Waals surface area contributed by atoms with Gasteiger partial charge in [0.2, 0.25) is 0 Å². The zero-order valence-corrected chi connectivity index (χ0v) is 15.3. The molecule has 6 nitrogen and oxygen atoms in total. The molecule has 2 aromatic heterocycles. The van der Waals surface area contributed by atoms with Gasteiger partial charge in [0.15, 0.2) is 5.84 Å². The molecule has 27 heavy (non-hydrogen) atoms. The normalized spacial score (nSPS) is 11.5. The molecule has 0 fully saturated rings. The minimum Gasteiger partial charge on any atom is -0.345 e. The van der Waals surface area contributed by atoms with Crippen LogP contribution < -0.4 is 10.8 Å². The van der Waals surface area contributed by atoms with E-state index in [9.17, 15) is 4.79 Å². The summed E-state index contributed by atoms with van der Waals surface area (Å²) >= 11 is 1.68. The molecule has 4 aromatic rings. The van der Waals surface area contributed by atoms with Gasteiger partial charge in [-0.05, 0) is 29.6 Å². The summed E-state index contributed by atoms with van der Waals surface area (Å²) in [6.45, 7) is 0.321. The Kier molecular flexibility index (Phi) is 4.67. The third kappa shape index (κ3) is 3.32. The molecule has 0 bridgehead atoms. The van der Waals surface area contributed by atoms with E-state index in [1.165, 1.54) is 0 Å². The predicted octanol–water partition coefficient (Wildman–Crippen LogP) is 4.25. The summed E-state index contributed by atoms with van der Waals surface area (Å²) < 4.78 is 1.16. The van der Waals surface area contributed by atoms with Crippen molar-refractivity contribution in [3.05, 3.63) is 65.5 Å². The van der Waals surface area contributed by atoms with Crippen molar-refractivity contribution in [2.45, 2.75) is 0 Å². The molecule has 0 spiro atoms. The first-order valence-electron chi connectivity index (χ1n) is 8.25. The molecule has 0 aliphatic carbocycles. The first-order valence-corrected chi connectivity index (χ1v) is 9.13. The number of nitrogens with one attached hydrogen (secondary N) is 2. The Labute approximate surface area is 159 Å². The number of rotatable bonds is 5. The molecule has 0 saturated carbocycles. The number of carbonyl (C=O) groups excluding carboxylic acids is 1. The zero-order valence-electron chi connectivity index (χ0n) is 14.5. The van der Waals surface area contributed by atoms with Crippen molar-refractivity contribution in [3.8, 4) is 0 Å². The number of aromatic nitrogens is 1. The average molecular weight is 376 g/mol. The van der Waals surface area contributed by atoms with E-state index >= 15 is 0 Å². The highest BCUT2D eigenvalue weighted by Gasteiger charge is 2.12. The fourth-order valence-corrected chi connectivity index (χ4v) is 3.85. The standard InChI is InChI=1S/C20H16N4O2S/c1-21-19(24-26-12-25)13-7-8-15-17(11-13)23-20(16-9-10-27-18(15)16)22-14-5-3-2-4-6-14/h2-12H,1H3,(H,21,24)(H,22,23). The SMILES string of the molecule is CN=C(NOC=O)c1ccc2c(c1)nc(Nc1ccccc1)c1ccsc12. The number of benzene rings is 2. The van der Waals surface area contributed by atoms with Crippen LogP contribution in [0.3, 0.4) is 0 Å². The fraction of sp³-hybridized carbons (Fsp3) is 0.0500. The first-order chi connectivity index (χ1) is 13.3. The Balaban J connectivity index is 1.83. The van der Waals surface area contributed by atoms with Gasteiger partial charge < -0.3 is 10.2 Å². The maximum Gasteiger partial charge on any atom is 0.320 e. The largest absolute Gasteiger partial charge is 0.345 e. The highest BCUT2D eigenvalue weighted by molar-refractivity contribution is 7.18. The third-order valence-corrected chi connectivity index (χ3v) is 5.08. The van der Waals surface area contributed by atoms with Gasteiger partial charge in [0.25, 0.3) is 0 Å². The van der Waals surface area contributed by atoms with Crippen molar-refractivity contribution in [1.82, 2.24) is 10.5 Å². The van der Waals surface area contributed by atoms with Crippen LogP contribution in [0.1, 0.15) is 5.56 Å². The van der Waals surface area contributed by atoms with Crippen molar-refractivity contribution in [3.63, 3.8) is 0 Å². The molecule has 4 rings (SSSR count). The number of hydrogen-bond acceptors (Lipinski definition) is 6. The van der Waals surface area contributed by atoms with Gasteiger partial charge in [0.1, 0.15) is 5.82 Å². The maximum absolute atomic E-state index is 10.4. The second-order valence-electron chi connectivity index (χ2n) is 5.74. The van der Waals surface area contributed by atoms with Crippen LogP contribution in [0.2, 0.25) is 0 Å². The average Bonchev–Trinajstić information content (AvgIpc) is 3.20. The van der Waals surface area contributed by atoms with E-state index < -0.39 is 0 Å². The van der Waals surface area contributed by atoms with Gasteiger partial charge in [-0.15, -0.1) is 11.3 Å². The van der Waals surface area contributed by atoms with Crippen molar-refractivity contribution in [2.75, 3.05) is 12.4 Å². The molecular formula is C20H16N4O2S. The lowest BCUT2D eigenvalue weighted by Crippen LogP contribution is -2.24. The number of hydrogen-bond donors (Lipinski definition) is 2. The number of thiophene rings is 1. The Hall–Kier alpha value is -3.45. The van der Waals surface area contributed by atoms with Crippen LogP contribution in [0.15, 0.2) is 65.0 Å². The minimum absolute atomic E-state index is 0.321. The Bertz CT molecular complexity index is 1140. The molecule has 0 unspecified atom stereocenters. The minimum atomic E-state index is 0.321. The number of aliphatic imine (C=N–C) groups is 1. The number of hydroxylamine groups is 1. The number of fused-ring (bicyclic) bond motifs is 3. The van der Waals surface area contributed by atoms with Crippen molar-refractivity contribution < 1.29 is 9.63 Å². The van der Waals surface area contributed by atoms with Crippen LogP contribution in [0.4, 0.5) is 11.5 Å². The molecule has 2 N–H and O–H groups in total. The fourth-order valence-electron chi connectivity index (χ4n) is 2.92. The summed E-state index contributed by atoms with van der Waals surface area (Å²) in [5.74, 6) is 1.25. The molecule has 0 radical (unpaired) electrons. The summed E-state index contributed by atoms with van der Waals surface area (Å²) in [5.41, 5.74) is 5.11. The number of pyridine rings is 1. The van der Waals surface area contributed by atoms with Crippen LogP contribution in [0.5, 0.6) is 0 Å². The molecule has 134 valence electrons. The lowest BCUT2D eigenvalue weighted by molar-refractivity contribution is -0.132. The van der Waals surface area contributed by atoms with Gasteiger partial charge in [-0.3, -0.25) is 9.79 Å². The van der Waals surface area contributed by atoms with Gasteiger partial charge in [-0.2, -0.15) is 0 Å². The molecular weight excluding hydrogens is 360 g/mol. The molecule has 0 aliphatic heterocycles. The summed E-state index contributed by atoms with van der Waals surface area (Å²) in [5, 5.41) is 7.61. The lowest BCUT2D eigenvalue weighted by Gasteiger charge is -2.11. The quantitative estimate of drug-likeness (QED) is 0.236. The van der Waals surface area contributed by atoms with Crippen molar-refractivity contribution in [2.24, 2.45) is 4.99 Å². The maximum atomic E-state index is 10.4. The van der Waals surface area contributed by atoms with E-state index in [0.717, 1.165) is 38.1 Å². The van der Waals surface area contributed by atoms with Gasteiger partial charge in [-0.25, -0.2) is 10.5 Å². The van der Waals surface area contributed by atoms with Gasteiger partial charge in [0.05, 0.1) is 5.52 Å². The number of anilines is 2. The number of para-hydroxylation sites is 1. The van der Waals surface area contributed by atoms with E-state index in [4.69, 9.17) is 4.98 Å². The van der Waals surface area contributed by atoms with Crippen LogP contribution >= 0.6 is 11.3 Å². The zero-order chi connectivity index (χ0) is 18.6. The summed E-state index contributed by atoms with van der Waals surface area (Å²) in [6.07, 6.45) is 0. The Morgan fingerprint density at radius 2 is 2.00 bits per heavy atom. The number of nitrogens with zero attached hydrogens (tertiary/aromatic N) is 2. The Morgan fingerprint density at radius 1 is 1.15 bits per heavy atom.